The Morgan fingerprint density at radius 2 is 1.10 bits per heavy atom. The first kappa shape index (κ1) is 44.4. The standard InChI is InChI=1S/C25H38N2O3S.C25H38N2O2S/c1-24(29)10-8-18-16(12-24)4-5-20-19(18)9-11-25(2)21(20)6-7-22(25)23(28)15-27-14-17(13-26-27)31(3)30;1-24(29)10-8-18-16(12-24)4-5-20-19(18)9-11-25(2)21(20)6-7-22(25)23(28)15-27-14-17(30-3)13-26-27/h13-14,16,18-22,29H,4-12,15H2,1-3H3;13-14,16,18-22,29H,4-12,15H2,1-3H3/t16-,18+,19-,20-,21+,22-,24-,25+,31?;16-,18+,19-,20-,21+,22-,24-,25+/m11/s1. The van der Waals surface area contributed by atoms with Crippen molar-refractivity contribution >= 4 is 34.1 Å². The van der Waals surface area contributed by atoms with Crippen molar-refractivity contribution < 1.29 is 24.0 Å². The van der Waals surface area contributed by atoms with Gasteiger partial charge < -0.3 is 10.2 Å². The minimum atomic E-state index is -1.06. The number of thioether (sulfide) groups is 1. The van der Waals surface area contributed by atoms with Crippen molar-refractivity contribution in [2.24, 2.45) is 81.8 Å². The molecule has 0 aromatic carbocycles. The van der Waals surface area contributed by atoms with Gasteiger partial charge in [0.2, 0.25) is 0 Å². The highest BCUT2D eigenvalue weighted by atomic mass is 32.2. The number of rotatable bonds is 8. The molecule has 1 unspecified atom stereocenters. The van der Waals surface area contributed by atoms with Gasteiger partial charge in [0.1, 0.15) is 0 Å². The third kappa shape index (κ3) is 8.36. The van der Waals surface area contributed by atoms with E-state index in [1.54, 1.807) is 35.1 Å². The summed E-state index contributed by atoms with van der Waals surface area (Å²) in [4.78, 5) is 28.5. The fourth-order valence-corrected chi connectivity index (χ4v) is 17.7. The first-order valence-electron chi connectivity index (χ1n) is 24.4. The third-order valence-corrected chi connectivity index (χ3v) is 21.2. The fourth-order valence-electron chi connectivity index (χ4n) is 16.9. The van der Waals surface area contributed by atoms with E-state index in [-0.39, 0.29) is 22.7 Å². The van der Waals surface area contributed by atoms with Crippen LogP contribution in [0.4, 0.5) is 0 Å². The van der Waals surface area contributed by atoms with E-state index in [0.717, 1.165) is 91.3 Å². The molecule has 2 aromatic rings. The maximum Gasteiger partial charge on any atom is 0.157 e. The Labute approximate surface area is 372 Å². The van der Waals surface area contributed by atoms with Crippen LogP contribution in [0.2, 0.25) is 0 Å². The van der Waals surface area contributed by atoms with Crippen LogP contribution in [0.5, 0.6) is 0 Å². The summed E-state index contributed by atoms with van der Waals surface area (Å²) in [5.41, 5.74) is -0.598. The number of nitrogens with zero attached hydrogens (tertiary/aromatic N) is 4. The van der Waals surface area contributed by atoms with Crippen molar-refractivity contribution in [3.8, 4) is 0 Å². The zero-order valence-electron chi connectivity index (χ0n) is 38.1. The molecule has 2 aromatic heterocycles. The van der Waals surface area contributed by atoms with E-state index in [4.69, 9.17) is 0 Å². The average molecular weight is 877 g/mol. The van der Waals surface area contributed by atoms with E-state index < -0.39 is 22.0 Å². The van der Waals surface area contributed by atoms with E-state index >= 15 is 0 Å². The Morgan fingerprint density at radius 1 is 0.639 bits per heavy atom. The summed E-state index contributed by atoms with van der Waals surface area (Å²) in [5.74, 6) is 8.66. The molecule has 2 N–H and O–H groups in total. The van der Waals surface area contributed by atoms with Crippen molar-refractivity contribution in [3.63, 3.8) is 0 Å². The molecule has 61 heavy (non-hydrogen) atoms. The van der Waals surface area contributed by atoms with Gasteiger partial charge in [-0.05, 0) is 206 Å². The van der Waals surface area contributed by atoms with Crippen molar-refractivity contribution in [3.05, 3.63) is 24.8 Å². The summed E-state index contributed by atoms with van der Waals surface area (Å²) in [5, 5.41) is 29.9. The Hall–Kier alpha value is -1.82. The molecule has 0 saturated heterocycles. The SMILES string of the molecule is CS(=O)c1cnn(CC(=O)[C@H]2CC[C@H]3[C@@H]4CC[C@@H]5C[C@](C)(O)CC[C@@H]5[C@H]4CC[C@]23C)c1.CSc1cnn(CC(=O)[C@H]2CC[C@H]3[C@@H]4CC[C@@H]5C[C@](C)(O)CC[C@@H]5[C@H]4CC[C@]23C)c1. The van der Waals surface area contributed by atoms with Crippen LogP contribution in [0.3, 0.4) is 0 Å². The van der Waals surface area contributed by atoms with Crippen LogP contribution in [0, 0.1) is 81.8 Å². The number of fused-ring (bicyclic) bond motifs is 10. The van der Waals surface area contributed by atoms with Gasteiger partial charge in [-0.1, -0.05) is 13.8 Å². The van der Waals surface area contributed by atoms with Crippen LogP contribution >= 0.6 is 11.8 Å². The molecule has 0 aliphatic heterocycles. The molecule has 0 radical (unpaired) electrons. The van der Waals surface area contributed by atoms with E-state index in [1.165, 1.54) is 70.6 Å². The second-order valence-electron chi connectivity index (χ2n) is 23.0. The average Bonchev–Trinajstić information content (AvgIpc) is 4.02. The topological polar surface area (TPSA) is 127 Å². The number of hydrogen-bond acceptors (Lipinski definition) is 8. The molecule has 10 rings (SSSR count). The van der Waals surface area contributed by atoms with Gasteiger partial charge in [0.05, 0.1) is 52.4 Å². The lowest BCUT2D eigenvalue weighted by Gasteiger charge is -2.56. The second-order valence-corrected chi connectivity index (χ2v) is 25.3. The van der Waals surface area contributed by atoms with Crippen LogP contribution in [0.1, 0.15) is 143 Å². The summed E-state index contributed by atoms with van der Waals surface area (Å²) >= 11 is 1.68. The molecule has 11 heteroatoms. The summed E-state index contributed by atoms with van der Waals surface area (Å²) < 4.78 is 15.2. The lowest BCUT2D eigenvalue weighted by molar-refractivity contribution is -0.133. The van der Waals surface area contributed by atoms with Gasteiger partial charge in [0, 0.05) is 35.4 Å². The molecule has 0 spiro atoms. The van der Waals surface area contributed by atoms with Crippen LogP contribution in [0.15, 0.2) is 34.6 Å². The Bertz CT molecular complexity index is 1960. The molecule has 338 valence electrons. The van der Waals surface area contributed by atoms with E-state index in [9.17, 15) is 24.0 Å². The number of Topliss-reactive ketones (excluding diaryl/α,β-unsaturated/α-hetero) is 2. The zero-order chi connectivity index (χ0) is 43.1. The molecule has 8 fully saturated rings. The molecule has 8 aliphatic rings. The molecule has 8 aliphatic carbocycles. The second kappa shape index (κ2) is 16.9. The van der Waals surface area contributed by atoms with E-state index in [2.05, 4.69) is 24.0 Å². The summed E-state index contributed by atoms with van der Waals surface area (Å²) in [6.45, 7) is 9.65. The zero-order valence-corrected chi connectivity index (χ0v) is 39.7. The lowest BCUT2D eigenvalue weighted by Crippen LogP contribution is -2.51. The van der Waals surface area contributed by atoms with E-state index in [0.29, 0.717) is 47.3 Å². The quantitative estimate of drug-likeness (QED) is 0.251. The predicted octanol–water partition coefficient (Wildman–Crippen LogP) is 9.40. The third-order valence-electron chi connectivity index (χ3n) is 19.7. The summed E-state index contributed by atoms with van der Waals surface area (Å²) in [6.07, 6.45) is 31.8. The van der Waals surface area contributed by atoms with Gasteiger partial charge >= 0.3 is 0 Å². The van der Waals surface area contributed by atoms with Crippen molar-refractivity contribution in [1.82, 2.24) is 19.6 Å². The van der Waals surface area contributed by atoms with Crippen LogP contribution < -0.4 is 0 Å². The molecule has 8 saturated carbocycles. The first-order chi connectivity index (χ1) is 29.0. The molecule has 0 bridgehead atoms. The van der Waals surface area contributed by atoms with Crippen molar-refractivity contribution in [1.29, 1.82) is 0 Å². The van der Waals surface area contributed by atoms with E-state index in [1.807, 2.05) is 37.2 Å². The largest absolute Gasteiger partial charge is 0.390 e. The molecule has 17 atom stereocenters. The maximum atomic E-state index is 13.3. The Kier molecular flexibility index (Phi) is 12.3. The normalized spacial score (nSPS) is 45.4. The number of aromatic nitrogens is 4. The molecule has 2 heterocycles. The van der Waals surface area contributed by atoms with Gasteiger partial charge in [-0.25, -0.2) is 0 Å². The molecular weight excluding hydrogens is 801 g/mol. The highest BCUT2D eigenvalue weighted by Gasteiger charge is 2.60. The molecule has 0 amide bonds. The highest BCUT2D eigenvalue weighted by molar-refractivity contribution is 7.98. The van der Waals surface area contributed by atoms with Gasteiger partial charge in [-0.15, -0.1) is 11.8 Å². The van der Waals surface area contributed by atoms with Crippen LogP contribution in [0.25, 0.3) is 0 Å². The van der Waals surface area contributed by atoms with Crippen LogP contribution in [-0.4, -0.2) is 69.3 Å². The lowest BCUT2D eigenvalue weighted by atomic mass is 9.49. The van der Waals surface area contributed by atoms with Crippen molar-refractivity contribution in [2.75, 3.05) is 12.5 Å². The number of carbonyl (C=O) groups is 2. The van der Waals surface area contributed by atoms with Gasteiger partial charge in [-0.3, -0.25) is 23.2 Å². The minimum absolute atomic E-state index is 0.120. The molecule has 9 nitrogen and oxygen atoms in total. The van der Waals surface area contributed by atoms with Gasteiger partial charge in [0.25, 0.3) is 0 Å². The highest BCUT2D eigenvalue weighted by Crippen LogP contribution is 2.66. The van der Waals surface area contributed by atoms with Gasteiger partial charge in [-0.2, -0.15) is 10.2 Å². The fraction of sp³-hybridized carbons (Fsp3) is 0.840. The minimum Gasteiger partial charge on any atom is -0.390 e. The monoisotopic (exact) mass is 877 g/mol. The number of hydrogen-bond donors (Lipinski definition) is 2. The maximum absolute atomic E-state index is 13.3. The van der Waals surface area contributed by atoms with Crippen LogP contribution in [-0.2, 0) is 33.5 Å². The smallest absolute Gasteiger partial charge is 0.157 e. The van der Waals surface area contributed by atoms with Crippen molar-refractivity contribution in [2.45, 2.75) is 177 Å². The van der Waals surface area contributed by atoms with Gasteiger partial charge in [0.15, 0.2) is 11.6 Å². The summed E-state index contributed by atoms with van der Waals surface area (Å²) in [7, 11) is -1.06. The number of aliphatic hydroxyl groups is 2. The summed E-state index contributed by atoms with van der Waals surface area (Å²) in [6, 6.07) is 0. The first-order valence-corrected chi connectivity index (χ1v) is 27.2. The number of ketones is 2. The number of carbonyl (C=O) groups excluding carboxylic acids is 2. The Balaban J connectivity index is 0.000000156. The molecular formula is C50H76N4O5S2. The Morgan fingerprint density at radius 3 is 1.54 bits per heavy atom. The predicted molar refractivity (Wildman–Crippen MR) is 241 cm³/mol.